The molecule has 0 saturated heterocycles. The summed E-state index contributed by atoms with van der Waals surface area (Å²) in [5.74, 6) is -0.689. The van der Waals surface area contributed by atoms with Crippen molar-refractivity contribution in [2.24, 2.45) is 0 Å². The molecule has 30 heavy (non-hydrogen) atoms. The highest BCUT2D eigenvalue weighted by molar-refractivity contribution is 5.75. The number of imidazole rings is 1. The van der Waals surface area contributed by atoms with E-state index in [9.17, 15) is 23.9 Å². The van der Waals surface area contributed by atoms with E-state index in [0.29, 0.717) is 5.56 Å². The Morgan fingerprint density at radius 2 is 1.60 bits per heavy atom. The Kier molecular flexibility index (Phi) is 4.56. The minimum atomic E-state index is -0.620. The van der Waals surface area contributed by atoms with E-state index in [4.69, 9.17) is 0 Å². The van der Waals surface area contributed by atoms with Gasteiger partial charge < -0.3 is 5.11 Å². The minimum Gasteiger partial charge on any atom is -0.494 e. The fourth-order valence-electron chi connectivity index (χ4n) is 3.64. The predicted molar refractivity (Wildman–Crippen MR) is 109 cm³/mol. The molecule has 3 aromatic heterocycles. The molecule has 10 heteroatoms. The average Bonchev–Trinajstić information content (AvgIpc) is 3.12. The van der Waals surface area contributed by atoms with Gasteiger partial charge in [-0.2, -0.15) is 4.98 Å². The molecule has 0 aliphatic carbocycles. The molecular weight excluding hydrogens is 393 g/mol. The van der Waals surface area contributed by atoms with Crippen molar-refractivity contribution in [3.05, 3.63) is 72.4 Å². The van der Waals surface area contributed by atoms with E-state index >= 15 is 0 Å². The third kappa shape index (κ3) is 2.67. The lowest BCUT2D eigenvalue weighted by Gasteiger charge is -2.13. The summed E-state index contributed by atoms with van der Waals surface area (Å²) in [4.78, 5) is 43.1. The second-order valence-corrected chi connectivity index (χ2v) is 6.96. The maximum Gasteiger partial charge on any atom is 0.332 e. The van der Waals surface area contributed by atoms with E-state index in [-0.39, 0.29) is 48.0 Å². The van der Waals surface area contributed by atoms with Crippen molar-refractivity contribution in [2.75, 3.05) is 0 Å². The third-order valence-electron chi connectivity index (χ3n) is 5.25. The van der Waals surface area contributed by atoms with Crippen LogP contribution >= 0.6 is 0 Å². The van der Waals surface area contributed by atoms with E-state index in [1.807, 2.05) is 0 Å². The maximum absolute atomic E-state index is 13.3. The highest BCUT2D eigenvalue weighted by atomic mass is 19.1. The van der Waals surface area contributed by atoms with Crippen molar-refractivity contribution in [1.82, 2.24) is 23.1 Å². The Morgan fingerprint density at radius 3 is 2.20 bits per heavy atom. The van der Waals surface area contributed by atoms with Crippen molar-refractivity contribution in [2.45, 2.75) is 40.4 Å². The highest BCUT2D eigenvalue weighted by Gasteiger charge is 2.23. The Morgan fingerprint density at radius 1 is 0.967 bits per heavy atom. The third-order valence-corrected chi connectivity index (χ3v) is 5.25. The van der Waals surface area contributed by atoms with Gasteiger partial charge in [0, 0.05) is 13.1 Å². The van der Waals surface area contributed by atoms with Crippen LogP contribution in [0.5, 0.6) is 5.88 Å². The smallest absolute Gasteiger partial charge is 0.332 e. The van der Waals surface area contributed by atoms with Gasteiger partial charge in [-0.1, -0.05) is 12.1 Å². The lowest BCUT2D eigenvalue weighted by Crippen LogP contribution is -2.40. The van der Waals surface area contributed by atoms with E-state index < -0.39 is 22.6 Å². The Bertz CT molecular complexity index is 1470. The lowest BCUT2D eigenvalue weighted by molar-refractivity contribution is 0.414. The fourth-order valence-corrected chi connectivity index (χ4v) is 3.64. The van der Waals surface area contributed by atoms with Gasteiger partial charge in [-0.25, -0.2) is 13.6 Å². The monoisotopic (exact) mass is 413 g/mol. The summed E-state index contributed by atoms with van der Waals surface area (Å²) in [6.45, 7) is 5.32. The number of aromatic nitrogens is 5. The van der Waals surface area contributed by atoms with Crippen LogP contribution in [-0.2, 0) is 19.6 Å². The zero-order chi connectivity index (χ0) is 21.7. The number of aromatic hydroxyl groups is 1. The van der Waals surface area contributed by atoms with Gasteiger partial charge in [-0.3, -0.25) is 23.3 Å². The molecule has 1 aromatic carbocycles. The largest absolute Gasteiger partial charge is 0.494 e. The van der Waals surface area contributed by atoms with Gasteiger partial charge in [0.15, 0.2) is 11.2 Å². The molecule has 4 aromatic rings. The second-order valence-electron chi connectivity index (χ2n) is 6.96. The number of hydrogen-bond acceptors (Lipinski definition) is 5. The molecule has 0 radical (unpaired) electrons. The summed E-state index contributed by atoms with van der Waals surface area (Å²) >= 11 is 0. The average molecular weight is 413 g/mol. The summed E-state index contributed by atoms with van der Waals surface area (Å²) in [5, 5.41) is 10.7. The van der Waals surface area contributed by atoms with Gasteiger partial charge in [0.05, 0.1) is 12.1 Å². The van der Waals surface area contributed by atoms with Crippen molar-refractivity contribution >= 4 is 16.9 Å². The van der Waals surface area contributed by atoms with Crippen molar-refractivity contribution in [1.29, 1.82) is 0 Å². The molecule has 9 nitrogen and oxygen atoms in total. The van der Waals surface area contributed by atoms with Crippen molar-refractivity contribution < 1.29 is 9.50 Å². The van der Waals surface area contributed by atoms with Crippen LogP contribution in [0.25, 0.3) is 16.9 Å². The van der Waals surface area contributed by atoms with Gasteiger partial charge in [0.25, 0.3) is 11.1 Å². The van der Waals surface area contributed by atoms with E-state index in [0.717, 1.165) is 8.97 Å². The first-order valence-electron chi connectivity index (χ1n) is 9.52. The summed E-state index contributed by atoms with van der Waals surface area (Å²) < 4.78 is 18.1. The molecule has 0 aliphatic heterocycles. The highest BCUT2D eigenvalue weighted by Crippen LogP contribution is 2.21. The van der Waals surface area contributed by atoms with Crippen LogP contribution in [0.4, 0.5) is 4.39 Å². The summed E-state index contributed by atoms with van der Waals surface area (Å²) in [5.41, 5.74) is -0.990. The first-order valence-corrected chi connectivity index (χ1v) is 9.52. The molecule has 0 saturated carbocycles. The van der Waals surface area contributed by atoms with Crippen molar-refractivity contribution in [3.63, 3.8) is 0 Å². The number of fused-ring (bicyclic) bond motifs is 3. The normalized spacial score (nSPS) is 11.6. The Labute approximate surface area is 168 Å². The number of benzene rings is 1. The van der Waals surface area contributed by atoms with E-state index in [1.165, 1.54) is 28.2 Å². The molecule has 1 N–H and O–H groups in total. The topological polar surface area (TPSA) is 104 Å². The van der Waals surface area contributed by atoms with Crippen LogP contribution in [0.15, 0.2) is 38.6 Å². The number of rotatable bonds is 4. The van der Waals surface area contributed by atoms with Gasteiger partial charge in [0.1, 0.15) is 5.82 Å². The number of aryl methyl sites for hydroxylation is 1. The summed E-state index contributed by atoms with van der Waals surface area (Å²) in [7, 11) is 0. The first-order chi connectivity index (χ1) is 14.3. The summed E-state index contributed by atoms with van der Waals surface area (Å²) in [6, 6.07) is 5.67. The molecule has 0 aliphatic rings. The minimum absolute atomic E-state index is 0.0192. The van der Waals surface area contributed by atoms with Crippen LogP contribution < -0.4 is 16.8 Å². The Hall–Kier alpha value is -3.69. The van der Waals surface area contributed by atoms with Crippen molar-refractivity contribution in [3.8, 4) is 5.88 Å². The van der Waals surface area contributed by atoms with Crippen LogP contribution in [0.1, 0.15) is 25.0 Å². The first kappa shape index (κ1) is 19.6. The van der Waals surface area contributed by atoms with Crippen LogP contribution in [0.3, 0.4) is 0 Å². The molecular formula is C20H20FN5O4. The van der Waals surface area contributed by atoms with Gasteiger partial charge >= 0.3 is 5.69 Å². The zero-order valence-corrected chi connectivity index (χ0v) is 16.7. The molecule has 0 bridgehead atoms. The standard InChI is InChI=1S/C20H20FN5O4/c1-4-23-15-14(18(29)24(5-2)20(23)30)26-17(28)11(3)16(27)25(19(26)22-15)10-12-6-8-13(21)9-7-12/h6-9,27H,4-5,10H2,1-3H3. The molecule has 0 spiro atoms. The van der Waals surface area contributed by atoms with E-state index in [1.54, 1.807) is 26.0 Å². The van der Waals surface area contributed by atoms with Gasteiger partial charge in [0.2, 0.25) is 11.7 Å². The molecule has 0 amide bonds. The number of halogens is 1. The number of hydrogen-bond donors (Lipinski definition) is 1. The molecule has 156 valence electrons. The van der Waals surface area contributed by atoms with Crippen LogP contribution in [-0.4, -0.2) is 28.2 Å². The van der Waals surface area contributed by atoms with Crippen LogP contribution in [0.2, 0.25) is 0 Å². The van der Waals surface area contributed by atoms with E-state index in [2.05, 4.69) is 4.98 Å². The zero-order valence-electron chi connectivity index (χ0n) is 16.7. The van der Waals surface area contributed by atoms with Crippen LogP contribution in [0, 0.1) is 12.7 Å². The predicted octanol–water partition coefficient (Wildman–Crippen LogP) is 1.21. The Balaban J connectivity index is 2.18. The molecule has 0 atom stereocenters. The molecule has 4 rings (SSSR count). The fraction of sp³-hybridized carbons (Fsp3) is 0.300. The SMILES string of the molecule is CCn1c(=O)c2c(nc3n(Cc4ccc(F)cc4)c(O)c(C)c(=O)n23)n(CC)c1=O. The van der Waals surface area contributed by atoms with Gasteiger partial charge in [-0.05, 0) is 38.5 Å². The second kappa shape index (κ2) is 6.97. The lowest BCUT2D eigenvalue weighted by atomic mass is 10.2. The molecule has 0 fully saturated rings. The maximum atomic E-state index is 13.3. The van der Waals surface area contributed by atoms with Gasteiger partial charge in [-0.15, -0.1) is 0 Å². The number of nitrogens with zero attached hydrogens (tertiary/aromatic N) is 5. The quantitative estimate of drug-likeness (QED) is 0.542. The summed E-state index contributed by atoms with van der Waals surface area (Å²) in [6.07, 6.45) is 0. The molecule has 3 heterocycles. The molecule has 0 unspecified atom stereocenters.